The van der Waals surface area contributed by atoms with Crippen molar-refractivity contribution in [2.45, 2.75) is 128 Å². The summed E-state index contributed by atoms with van der Waals surface area (Å²) in [7, 11) is 3.38. The van der Waals surface area contributed by atoms with Crippen LogP contribution in [0.4, 0.5) is 5.69 Å². The number of unbranched alkanes of at least 4 members (excludes halogenated alkanes) is 1. The van der Waals surface area contributed by atoms with Crippen LogP contribution in [0.1, 0.15) is 121 Å². The van der Waals surface area contributed by atoms with Crippen LogP contribution in [0.2, 0.25) is 0 Å². The lowest BCUT2D eigenvalue weighted by atomic mass is 9.87. The fourth-order valence-corrected chi connectivity index (χ4v) is 9.76. The molecule has 7 rings (SSSR count). The third-order valence-electron chi connectivity index (χ3n) is 14.1. The van der Waals surface area contributed by atoms with E-state index in [9.17, 15) is 9.59 Å². The molecule has 2 aliphatic rings. The number of nitrogens with zero attached hydrogens (tertiary/aromatic N) is 4. The predicted octanol–water partition coefficient (Wildman–Crippen LogP) is 8.20. The topological polar surface area (TPSA) is 199 Å². The van der Waals surface area contributed by atoms with Crippen LogP contribution in [0.3, 0.4) is 0 Å². The summed E-state index contributed by atoms with van der Waals surface area (Å²) in [5, 5.41) is 2.96. The van der Waals surface area contributed by atoms with E-state index in [-0.39, 0.29) is 47.2 Å². The zero-order valence-electron chi connectivity index (χ0n) is 43.5. The number of carbonyl (C=O) groups excluding carboxylic acids is 2. The Balaban J connectivity index is 1.19. The summed E-state index contributed by atoms with van der Waals surface area (Å²) in [5.41, 5.74) is 20.6. The molecule has 7 atom stereocenters. The molecule has 2 fully saturated rings. The molecule has 2 saturated heterocycles. The van der Waals surface area contributed by atoms with Crippen molar-refractivity contribution in [3.8, 4) is 22.5 Å². The number of likely N-dealkylation sites (tertiary alicyclic amines) is 1. The number of aromatic amines is 2. The minimum atomic E-state index is -0.545. The number of aromatic nitrogens is 4. The van der Waals surface area contributed by atoms with Gasteiger partial charge < -0.3 is 55.5 Å². The molecule has 0 aliphatic carbocycles. The molecule has 3 aromatic carbocycles. The van der Waals surface area contributed by atoms with E-state index in [1.807, 2.05) is 45.0 Å². The third-order valence-corrected chi connectivity index (χ3v) is 14.1. The first-order valence-corrected chi connectivity index (χ1v) is 25.6. The number of amides is 2. The Morgan fingerprint density at radius 3 is 1.82 bits per heavy atom. The van der Waals surface area contributed by atoms with Crippen LogP contribution in [-0.2, 0) is 40.4 Å². The molecule has 2 amide bonds. The lowest BCUT2D eigenvalue weighted by Gasteiger charge is -2.34. The fourth-order valence-electron chi connectivity index (χ4n) is 9.76. The van der Waals surface area contributed by atoms with Crippen molar-refractivity contribution in [2.24, 2.45) is 23.3 Å². The summed E-state index contributed by atoms with van der Waals surface area (Å²) in [6.07, 6.45) is 7.16. The molecule has 0 radical (unpaired) electrons. The van der Waals surface area contributed by atoms with Crippen LogP contribution in [0, 0.1) is 11.8 Å². The van der Waals surface area contributed by atoms with Gasteiger partial charge in [-0.3, -0.25) is 9.59 Å². The molecule has 1 unspecified atom stereocenters. The van der Waals surface area contributed by atoms with Crippen molar-refractivity contribution < 1.29 is 28.5 Å². The van der Waals surface area contributed by atoms with Crippen LogP contribution < -0.4 is 21.7 Å². The second-order valence-electron chi connectivity index (χ2n) is 20.9. The average Bonchev–Trinajstić information content (AvgIpc) is 4.20. The Labute approximate surface area is 421 Å². The summed E-state index contributed by atoms with van der Waals surface area (Å²) < 4.78 is 24.9. The van der Waals surface area contributed by atoms with Crippen LogP contribution in [0.15, 0.2) is 85.2 Å². The SMILES string of the molecule is COCCOC1[C@@H](OCCOC)[C@@H](c2ccc(-c3cnc([C@@H]4CCCN4C(=O)[C@@H](N)C(C)C)[nH]3)cc2)N(c2ccc(C(C)(C)C)cc2)[C@@H]1c1ccc(-c2cnc(CCCCNC(=O)[C@@H](N)C(C)C)[nH]2)cc1. The number of hydrogen-bond acceptors (Lipinski definition) is 11. The highest BCUT2D eigenvalue weighted by Gasteiger charge is 2.52. The molecule has 0 spiro atoms. The normalized spacial score (nSPS) is 20.3. The van der Waals surface area contributed by atoms with Gasteiger partial charge in [-0.1, -0.05) is 109 Å². The van der Waals surface area contributed by atoms with E-state index >= 15 is 0 Å². The standard InChI is InChI=1S/C56H79N9O6/c1-35(2)47(57)54(66)59-27-11-10-14-46-60-33-43(62-46)37-15-19-39(20-16-37)49-51(70-31-29-68-8)52(71-32-30-69-9)50(65(49)42-25-23-41(24-26-42)56(5,6)7)40-21-17-38(18-22-40)44-34-61-53(63-44)45-13-12-28-64(45)55(67)48(58)36(3)4/h15-26,33-36,45,47-52H,10-14,27-32,57-58H2,1-9H3,(H,59,66)(H,60,62)(H,61,63)/t45-,47-,48-,49+,50+,51?,52-/m0/s1. The number of imidazole rings is 2. The maximum atomic E-state index is 13.4. The van der Waals surface area contributed by atoms with Crippen LogP contribution in [0.5, 0.6) is 0 Å². The van der Waals surface area contributed by atoms with Gasteiger partial charge in [-0.15, -0.1) is 0 Å². The van der Waals surface area contributed by atoms with Gasteiger partial charge in [0.05, 0.1) is 80.4 Å². The van der Waals surface area contributed by atoms with Gasteiger partial charge in [-0.05, 0) is 82.9 Å². The van der Waals surface area contributed by atoms with E-state index in [0.29, 0.717) is 39.5 Å². The van der Waals surface area contributed by atoms with Crippen LogP contribution in [-0.4, -0.2) is 115 Å². The highest BCUT2D eigenvalue weighted by Crippen LogP contribution is 2.50. The van der Waals surface area contributed by atoms with Gasteiger partial charge in [-0.25, -0.2) is 9.97 Å². The molecule has 7 N–H and O–H groups in total. The smallest absolute Gasteiger partial charge is 0.240 e. The van der Waals surface area contributed by atoms with E-state index in [2.05, 4.69) is 114 Å². The second-order valence-corrected chi connectivity index (χ2v) is 20.9. The monoisotopic (exact) mass is 974 g/mol. The van der Waals surface area contributed by atoms with Crippen molar-refractivity contribution in [3.05, 3.63) is 114 Å². The Hall–Kier alpha value is -5.42. The maximum Gasteiger partial charge on any atom is 0.240 e. The number of ether oxygens (including phenoxy) is 4. The number of aryl methyl sites for hydroxylation is 1. The molecule has 15 nitrogen and oxygen atoms in total. The lowest BCUT2D eigenvalue weighted by molar-refractivity contribution is -0.134. The van der Waals surface area contributed by atoms with E-state index in [1.54, 1.807) is 14.2 Å². The molecule has 2 aromatic heterocycles. The molecule has 5 aromatic rings. The minimum absolute atomic E-state index is 0.0253. The molecule has 2 aliphatic heterocycles. The molecular formula is C56H79N9O6. The Bertz CT molecular complexity index is 2450. The van der Waals surface area contributed by atoms with Gasteiger partial charge in [0.15, 0.2) is 0 Å². The number of nitrogens with one attached hydrogen (secondary N) is 3. The Morgan fingerprint density at radius 1 is 0.732 bits per heavy atom. The van der Waals surface area contributed by atoms with Gasteiger partial charge in [0.25, 0.3) is 0 Å². The second kappa shape index (κ2) is 24.3. The van der Waals surface area contributed by atoms with Crippen molar-refractivity contribution >= 4 is 17.5 Å². The van der Waals surface area contributed by atoms with Gasteiger partial charge in [0.2, 0.25) is 11.8 Å². The zero-order chi connectivity index (χ0) is 50.8. The van der Waals surface area contributed by atoms with Crippen molar-refractivity contribution in [1.29, 1.82) is 0 Å². The van der Waals surface area contributed by atoms with E-state index < -0.39 is 24.3 Å². The van der Waals surface area contributed by atoms with Gasteiger partial charge in [0, 0.05) is 39.4 Å². The lowest BCUT2D eigenvalue weighted by Crippen LogP contribution is -2.46. The first-order valence-electron chi connectivity index (χ1n) is 25.6. The van der Waals surface area contributed by atoms with Crippen molar-refractivity contribution in [3.63, 3.8) is 0 Å². The van der Waals surface area contributed by atoms with Gasteiger partial charge >= 0.3 is 0 Å². The van der Waals surface area contributed by atoms with E-state index in [0.717, 1.165) is 83.1 Å². The summed E-state index contributed by atoms with van der Waals surface area (Å²) >= 11 is 0. The van der Waals surface area contributed by atoms with E-state index in [4.69, 9.17) is 40.4 Å². The Morgan fingerprint density at radius 2 is 1.28 bits per heavy atom. The third kappa shape index (κ3) is 12.8. The molecule has 15 heteroatoms. The summed E-state index contributed by atoms with van der Waals surface area (Å²) in [4.78, 5) is 46.7. The number of anilines is 1. The van der Waals surface area contributed by atoms with Crippen LogP contribution >= 0.6 is 0 Å². The quantitative estimate of drug-likeness (QED) is 0.0396. The number of rotatable bonds is 23. The number of hydrogen-bond donors (Lipinski definition) is 5. The zero-order valence-corrected chi connectivity index (χ0v) is 43.5. The fraction of sp³-hybridized carbons (Fsp3) is 0.536. The van der Waals surface area contributed by atoms with E-state index in [1.165, 1.54) is 5.56 Å². The first kappa shape index (κ1) is 53.4. The molecule has 384 valence electrons. The Kier molecular flexibility index (Phi) is 18.3. The summed E-state index contributed by atoms with van der Waals surface area (Å²) in [6, 6.07) is 24.5. The number of carbonyl (C=O) groups is 2. The largest absolute Gasteiger partial charge is 0.382 e. The molecule has 0 saturated carbocycles. The summed E-state index contributed by atoms with van der Waals surface area (Å²) in [6.45, 7) is 17.4. The predicted molar refractivity (Wildman–Crippen MR) is 280 cm³/mol. The molecule has 0 bridgehead atoms. The summed E-state index contributed by atoms with van der Waals surface area (Å²) in [5.74, 6) is 1.69. The van der Waals surface area contributed by atoms with Gasteiger partial charge in [0.1, 0.15) is 23.9 Å². The van der Waals surface area contributed by atoms with Gasteiger partial charge in [-0.2, -0.15) is 0 Å². The van der Waals surface area contributed by atoms with Crippen molar-refractivity contribution in [2.75, 3.05) is 58.6 Å². The maximum absolute atomic E-state index is 13.4. The number of methoxy groups -OCH3 is 2. The average molecular weight is 974 g/mol. The number of nitrogens with two attached hydrogens (primary N) is 2. The van der Waals surface area contributed by atoms with Crippen molar-refractivity contribution in [1.82, 2.24) is 30.2 Å². The highest BCUT2D eigenvalue weighted by molar-refractivity contribution is 5.82. The minimum Gasteiger partial charge on any atom is -0.382 e. The first-order chi connectivity index (χ1) is 34.1. The molecule has 4 heterocycles. The number of benzene rings is 3. The molecule has 71 heavy (non-hydrogen) atoms. The van der Waals surface area contributed by atoms with Crippen LogP contribution in [0.25, 0.3) is 22.5 Å². The molecular weight excluding hydrogens is 895 g/mol. The number of H-pyrrole nitrogens is 2. The highest BCUT2D eigenvalue weighted by atomic mass is 16.6.